The van der Waals surface area contributed by atoms with E-state index in [0.717, 1.165) is 5.56 Å². The van der Waals surface area contributed by atoms with Gasteiger partial charge in [0.25, 0.3) is 5.91 Å². The molecule has 3 rings (SSSR count). The molecule has 8 heteroatoms. The number of benzene rings is 1. The summed E-state index contributed by atoms with van der Waals surface area (Å²) >= 11 is 5.98. The van der Waals surface area contributed by atoms with Crippen molar-refractivity contribution in [3.8, 4) is 5.75 Å². The van der Waals surface area contributed by atoms with Crippen LogP contribution in [-0.2, 0) is 21.2 Å². The number of halogens is 1. The molecule has 0 aliphatic carbocycles. The SMILES string of the molecule is CN(C1CCN(C(=O)C2Cc3cc(Cl)ccc3O2)CC1)S(C)(=O)=O. The van der Waals surface area contributed by atoms with Crippen LogP contribution in [0.5, 0.6) is 5.75 Å². The van der Waals surface area contributed by atoms with Gasteiger partial charge < -0.3 is 9.64 Å². The minimum atomic E-state index is -3.20. The smallest absolute Gasteiger partial charge is 0.263 e. The number of hydrogen-bond donors (Lipinski definition) is 0. The number of piperidine rings is 1. The van der Waals surface area contributed by atoms with Gasteiger partial charge in [-0.05, 0) is 36.6 Å². The van der Waals surface area contributed by atoms with Crippen LogP contribution in [0.15, 0.2) is 18.2 Å². The second kappa shape index (κ2) is 6.54. The van der Waals surface area contributed by atoms with Gasteiger partial charge in [0.05, 0.1) is 6.26 Å². The molecule has 0 radical (unpaired) electrons. The van der Waals surface area contributed by atoms with Gasteiger partial charge in [0.2, 0.25) is 10.0 Å². The quantitative estimate of drug-likeness (QED) is 0.807. The van der Waals surface area contributed by atoms with Crippen molar-refractivity contribution in [1.82, 2.24) is 9.21 Å². The molecule has 1 amide bonds. The lowest BCUT2D eigenvalue weighted by atomic mass is 10.0. The molecule has 132 valence electrons. The highest BCUT2D eigenvalue weighted by Gasteiger charge is 2.35. The molecule has 0 spiro atoms. The van der Waals surface area contributed by atoms with Gasteiger partial charge in [-0.3, -0.25) is 4.79 Å². The zero-order valence-electron chi connectivity index (χ0n) is 13.7. The van der Waals surface area contributed by atoms with Crippen molar-refractivity contribution in [1.29, 1.82) is 0 Å². The monoisotopic (exact) mass is 372 g/mol. The van der Waals surface area contributed by atoms with E-state index < -0.39 is 16.1 Å². The summed E-state index contributed by atoms with van der Waals surface area (Å²) in [6.07, 6.45) is 2.50. The minimum absolute atomic E-state index is 0.0391. The van der Waals surface area contributed by atoms with Crippen LogP contribution < -0.4 is 4.74 Å². The van der Waals surface area contributed by atoms with Gasteiger partial charge in [-0.25, -0.2) is 12.7 Å². The fraction of sp³-hybridized carbons (Fsp3) is 0.562. The van der Waals surface area contributed by atoms with E-state index in [1.807, 2.05) is 6.07 Å². The van der Waals surface area contributed by atoms with E-state index in [1.54, 1.807) is 24.1 Å². The molecule has 1 aromatic carbocycles. The molecule has 2 aliphatic rings. The fourth-order valence-electron chi connectivity index (χ4n) is 3.28. The number of carbonyl (C=O) groups is 1. The van der Waals surface area contributed by atoms with Crippen LogP contribution in [0.1, 0.15) is 18.4 Å². The molecule has 6 nitrogen and oxygen atoms in total. The van der Waals surface area contributed by atoms with Gasteiger partial charge in [-0.15, -0.1) is 0 Å². The van der Waals surface area contributed by atoms with Crippen LogP contribution in [0.3, 0.4) is 0 Å². The van der Waals surface area contributed by atoms with Crippen LogP contribution in [0.25, 0.3) is 0 Å². The molecule has 0 aromatic heterocycles. The lowest BCUT2D eigenvalue weighted by Gasteiger charge is -2.36. The number of sulfonamides is 1. The summed E-state index contributed by atoms with van der Waals surface area (Å²) in [6.45, 7) is 1.08. The summed E-state index contributed by atoms with van der Waals surface area (Å²) in [5, 5.41) is 0.634. The molecule has 1 fully saturated rings. The number of rotatable bonds is 3. The molecule has 1 aromatic rings. The number of hydrogen-bond acceptors (Lipinski definition) is 4. The highest BCUT2D eigenvalue weighted by molar-refractivity contribution is 7.88. The Bertz CT molecular complexity index is 744. The molecular formula is C16H21ClN2O4S. The molecule has 1 saturated heterocycles. The standard InChI is InChI=1S/C16H21ClN2O4S/c1-18(24(2,21)22)13-5-7-19(8-6-13)16(20)15-10-11-9-12(17)3-4-14(11)23-15/h3-4,9,13,15H,5-8,10H2,1-2H3. The maximum absolute atomic E-state index is 12.7. The molecular weight excluding hydrogens is 352 g/mol. The van der Waals surface area contributed by atoms with Crippen LogP contribution in [-0.4, -0.2) is 62.1 Å². The summed E-state index contributed by atoms with van der Waals surface area (Å²) < 4.78 is 30.4. The lowest BCUT2D eigenvalue weighted by Crippen LogP contribution is -2.50. The van der Waals surface area contributed by atoms with Crippen molar-refractivity contribution in [3.05, 3.63) is 28.8 Å². The maximum atomic E-state index is 12.7. The first-order valence-electron chi connectivity index (χ1n) is 7.92. The van der Waals surface area contributed by atoms with E-state index in [1.165, 1.54) is 10.6 Å². The largest absolute Gasteiger partial charge is 0.480 e. The Kier molecular flexibility index (Phi) is 4.77. The highest BCUT2D eigenvalue weighted by Crippen LogP contribution is 2.32. The highest BCUT2D eigenvalue weighted by atomic mass is 35.5. The van der Waals surface area contributed by atoms with Crippen molar-refractivity contribution in [2.24, 2.45) is 0 Å². The first kappa shape index (κ1) is 17.5. The van der Waals surface area contributed by atoms with Crippen molar-refractivity contribution >= 4 is 27.5 Å². The predicted molar refractivity (Wildman–Crippen MR) is 91.8 cm³/mol. The molecule has 0 saturated carbocycles. The van der Waals surface area contributed by atoms with Crippen LogP contribution in [0.2, 0.25) is 5.02 Å². The number of carbonyl (C=O) groups excluding carboxylic acids is 1. The van der Waals surface area contributed by atoms with Crippen LogP contribution >= 0.6 is 11.6 Å². The fourth-order valence-corrected chi connectivity index (χ4v) is 4.23. The van der Waals surface area contributed by atoms with E-state index in [0.29, 0.717) is 43.1 Å². The van der Waals surface area contributed by atoms with Crippen molar-refractivity contribution < 1.29 is 17.9 Å². The Morgan fingerprint density at radius 2 is 2.00 bits per heavy atom. The number of fused-ring (bicyclic) bond motifs is 1. The molecule has 1 atom stereocenters. The summed E-state index contributed by atoms with van der Waals surface area (Å²) in [6, 6.07) is 5.32. The number of amides is 1. The first-order chi connectivity index (χ1) is 11.3. The molecule has 2 aliphatic heterocycles. The third-order valence-electron chi connectivity index (χ3n) is 4.79. The first-order valence-corrected chi connectivity index (χ1v) is 10.1. The average molecular weight is 373 g/mol. The molecule has 1 unspecified atom stereocenters. The Morgan fingerprint density at radius 1 is 1.33 bits per heavy atom. The molecule has 0 N–H and O–H groups in total. The van der Waals surface area contributed by atoms with E-state index in [-0.39, 0.29) is 11.9 Å². The number of nitrogens with zero attached hydrogens (tertiary/aromatic N) is 2. The Labute approximate surface area is 147 Å². The third-order valence-corrected chi connectivity index (χ3v) is 6.37. The van der Waals surface area contributed by atoms with Crippen molar-refractivity contribution in [3.63, 3.8) is 0 Å². The number of ether oxygens (including phenoxy) is 1. The third kappa shape index (κ3) is 3.53. The predicted octanol–water partition coefficient (Wildman–Crippen LogP) is 1.53. The zero-order chi connectivity index (χ0) is 17.5. The Hall–Kier alpha value is -1.31. The van der Waals surface area contributed by atoms with E-state index in [2.05, 4.69) is 0 Å². The van der Waals surface area contributed by atoms with Crippen molar-refractivity contribution in [2.45, 2.75) is 31.4 Å². The lowest BCUT2D eigenvalue weighted by molar-refractivity contribution is -0.139. The Morgan fingerprint density at radius 3 is 2.62 bits per heavy atom. The molecule has 24 heavy (non-hydrogen) atoms. The van der Waals surface area contributed by atoms with Crippen molar-refractivity contribution in [2.75, 3.05) is 26.4 Å². The normalized spacial score (nSPS) is 21.7. The Balaban J connectivity index is 1.59. The second-order valence-corrected chi connectivity index (χ2v) is 8.88. The number of likely N-dealkylation sites (tertiary alicyclic amines) is 1. The average Bonchev–Trinajstić information content (AvgIpc) is 2.95. The van der Waals surface area contributed by atoms with Crippen LogP contribution in [0.4, 0.5) is 0 Å². The van der Waals surface area contributed by atoms with Crippen LogP contribution in [0, 0.1) is 0 Å². The minimum Gasteiger partial charge on any atom is -0.480 e. The summed E-state index contributed by atoms with van der Waals surface area (Å²) in [7, 11) is -1.61. The summed E-state index contributed by atoms with van der Waals surface area (Å²) in [5.41, 5.74) is 0.951. The summed E-state index contributed by atoms with van der Waals surface area (Å²) in [5.74, 6) is 0.673. The van der Waals surface area contributed by atoms with E-state index in [9.17, 15) is 13.2 Å². The van der Waals surface area contributed by atoms with Gasteiger partial charge in [0.1, 0.15) is 5.75 Å². The van der Waals surface area contributed by atoms with Gasteiger partial charge in [-0.1, -0.05) is 11.6 Å². The molecule has 0 bridgehead atoms. The maximum Gasteiger partial charge on any atom is 0.263 e. The second-order valence-electron chi connectivity index (χ2n) is 6.40. The van der Waals surface area contributed by atoms with Gasteiger partial charge in [0.15, 0.2) is 6.10 Å². The zero-order valence-corrected chi connectivity index (χ0v) is 15.3. The van der Waals surface area contributed by atoms with E-state index >= 15 is 0 Å². The van der Waals surface area contributed by atoms with Gasteiger partial charge >= 0.3 is 0 Å². The van der Waals surface area contributed by atoms with Gasteiger partial charge in [-0.2, -0.15) is 0 Å². The topological polar surface area (TPSA) is 66.9 Å². The molecule has 2 heterocycles. The van der Waals surface area contributed by atoms with E-state index in [4.69, 9.17) is 16.3 Å². The van der Waals surface area contributed by atoms with Gasteiger partial charge in [0, 0.05) is 37.6 Å². The summed E-state index contributed by atoms with van der Waals surface area (Å²) in [4.78, 5) is 14.4.